The molecule has 0 aliphatic carbocycles. The van der Waals surface area contributed by atoms with Gasteiger partial charge in [0.1, 0.15) is 4.21 Å². The Balaban J connectivity index is 2.62. The molecule has 0 spiro atoms. The normalized spacial score (nSPS) is 27.8. The van der Waals surface area contributed by atoms with Gasteiger partial charge in [0.2, 0.25) is 0 Å². The van der Waals surface area contributed by atoms with E-state index in [0.717, 1.165) is 0 Å². The Morgan fingerprint density at radius 3 is 3.07 bits per heavy atom. The topological polar surface area (TPSA) is 82.9 Å². The highest BCUT2D eigenvalue weighted by Gasteiger charge is 2.36. The number of fused-ring (bicyclic) bond motifs is 1. The number of thiophene rings is 1. The Morgan fingerprint density at radius 1 is 1.67 bits per heavy atom. The molecule has 0 amide bonds. The van der Waals surface area contributed by atoms with Crippen LogP contribution in [0, 0.1) is 0 Å². The fourth-order valence-electron chi connectivity index (χ4n) is 1.71. The second-order valence-electron chi connectivity index (χ2n) is 3.48. The maximum absolute atomic E-state index is 11.9. The third-order valence-corrected chi connectivity index (χ3v) is 6.26. The highest BCUT2D eigenvalue weighted by atomic mass is 32.2. The first-order valence-electron chi connectivity index (χ1n) is 4.43. The first-order valence-corrected chi connectivity index (χ1v) is 6.85. The van der Waals surface area contributed by atoms with Gasteiger partial charge in [0.25, 0.3) is 0 Å². The summed E-state index contributed by atoms with van der Waals surface area (Å²) in [7, 11) is -3.19. The van der Waals surface area contributed by atoms with Crippen LogP contribution in [0.4, 0.5) is 0 Å². The third kappa shape index (κ3) is 1.52. The van der Waals surface area contributed by atoms with E-state index in [9.17, 15) is 8.42 Å². The van der Waals surface area contributed by atoms with Crippen LogP contribution in [0.15, 0.2) is 20.8 Å². The van der Waals surface area contributed by atoms with Crippen molar-refractivity contribution in [3.8, 4) is 0 Å². The summed E-state index contributed by atoms with van der Waals surface area (Å²) in [6.07, 6.45) is 0.371. The number of hydrogen-bond acceptors (Lipinski definition) is 4. The zero-order valence-corrected chi connectivity index (χ0v) is 9.62. The molecule has 80 valence electrons. The molecule has 0 radical (unpaired) electrons. The quantitative estimate of drug-likeness (QED) is 0.431. The molecule has 0 fully saturated rings. The van der Waals surface area contributed by atoms with E-state index in [1.165, 1.54) is 11.3 Å². The van der Waals surface area contributed by atoms with Crippen molar-refractivity contribution in [3.05, 3.63) is 27.5 Å². The lowest BCUT2D eigenvalue weighted by Crippen LogP contribution is -2.25. The van der Waals surface area contributed by atoms with Crippen LogP contribution in [0.2, 0.25) is 0 Å². The van der Waals surface area contributed by atoms with E-state index in [4.69, 9.17) is 5.53 Å². The van der Waals surface area contributed by atoms with Crippen LogP contribution >= 0.6 is 11.3 Å². The summed E-state index contributed by atoms with van der Waals surface area (Å²) in [4.78, 5) is 2.75. The van der Waals surface area contributed by atoms with Crippen LogP contribution in [-0.4, -0.2) is 13.7 Å². The molecule has 0 saturated heterocycles. The molecule has 1 aromatic heterocycles. The predicted octanol–water partition coefficient (Wildman–Crippen LogP) is 2.67. The number of nitrogens with zero attached hydrogens (tertiary/aromatic N) is 3. The molecule has 1 aliphatic rings. The molecule has 15 heavy (non-hydrogen) atoms. The SMILES string of the molecule is CC1CC(N=[N+]=[N-])c2ccsc2S1(=O)=O. The van der Waals surface area contributed by atoms with Crippen LogP contribution < -0.4 is 0 Å². The molecule has 0 saturated carbocycles. The molecule has 2 heterocycles. The average molecular weight is 243 g/mol. The van der Waals surface area contributed by atoms with Crippen molar-refractivity contribution in [1.82, 2.24) is 0 Å². The smallest absolute Gasteiger partial charge is 0.190 e. The molecular formula is C8H9N3O2S2. The highest BCUT2D eigenvalue weighted by Crippen LogP contribution is 2.41. The van der Waals surface area contributed by atoms with Gasteiger partial charge in [-0.1, -0.05) is 5.11 Å². The minimum absolute atomic E-state index is 0.338. The standard InChI is InChI=1S/C8H9N3O2S2/c1-5-4-7(10-11-9)6-2-3-14-8(6)15(5,12)13/h2-3,5,7H,4H2,1H3. The van der Waals surface area contributed by atoms with Crippen molar-refractivity contribution in [2.24, 2.45) is 5.11 Å². The molecule has 0 bridgehead atoms. The molecule has 5 nitrogen and oxygen atoms in total. The fourth-order valence-corrected chi connectivity index (χ4v) is 4.91. The highest BCUT2D eigenvalue weighted by molar-refractivity contribution is 7.94. The van der Waals surface area contributed by atoms with E-state index in [-0.39, 0.29) is 6.04 Å². The predicted molar refractivity (Wildman–Crippen MR) is 57.5 cm³/mol. The van der Waals surface area contributed by atoms with Crippen LogP contribution in [0.25, 0.3) is 10.4 Å². The first-order chi connectivity index (χ1) is 7.07. The first kappa shape index (κ1) is 10.5. The van der Waals surface area contributed by atoms with Crippen LogP contribution in [-0.2, 0) is 9.84 Å². The molecule has 2 rings (SSSR count). The van der Waals surface area contributed by atoms with Gasteiger partial charge < -0.3 is 0 Å². The third-order valence-electron chi connectivity index (χ3n) is 2.55. The van der Waals surface area contributed by atoms with Gasteiger partial charge in [-0.15, -0.1) is 11.3 Å². The molecule has 0 aromatic carbocycles. The van der Waals surface area contributed by atoms with E-state index in [0.29, 0.717) is 16.2 Å². The maximum Gasteiger partial charge on any atom is 0.190 e. The van der Waals surface area contributed by atoms with Crippen molar-refractivity contribution in [2.75, 3.05) is 0 Å². The summed E-state index contributed by atoms with van der Waals surface area (Å²) >= 11 is 1.19. The summed E-state index contributed by atoms with van der Waals surface area (Å²) in [5, 5.41) is 4.89. The van der Waals surface area contributed by atoms with Crippen molar-refractivity contribution in [1.29, 1.82) is 0 Å². The lowest BCUT2D eigenvalue weighted by atomic mass is 10.1. The van der Waals surface area contributed by atoms with Crippen molar-refractivity contribution in [3.63, 3.8) is 0 Å². The second-order valence-corrected chi connectivity index (χ2v) is 6.95. The van der Waals surface area contributed by atoms with Crippen molar-refractivity contribution >= 4 is 21.2 Å². The molecule has 2 unspecified atom stereocenters. The summed E-state index contributed by atoms with van der Waals surface area (Å²) in [6.45, 7) is 1.65. The lowest BCUT2D eigenvalue weighted by molar-refractivity contribution is 0.541. The Labute approximate surface area is 91.3 Å². The molecular weight excluding hydrogens is 234 g/mol. The van der Waals surface area contributed by atoms with E-state index < -0.39 is 15.1 Å². The largest absolute Gasteiger partial charge is 0.223 e. The molecule has 2 atom stereocenters. The van der Waals surface area contributed by atoms with E-state index in [1.807, 2.05) is 0 Å². The molecule has 0 N–H and O–H groups in total. The minimum atomic E-state index is -3.19. The number of hydrogen-bond donors (Lipinski definition) is 0. The van der Waals surface area contributed by atoms with E-state index in [1.54, 1.807) is 18.4 Å². The van der Waals surface area contributed by atoms with Gasteiger partial charge in [0.05, 0.1) is 11.3 Å². The minimum Gasteiger partial charge on any atom is -0.223 e. The number of rotatable bonds is 1. The van der Waals surface area contributed by atoms with Crippen molar-refractivity contribution < 1.29 is 8.42 Å². The van der Waals surface area contributed by atoms with Gasteiger partial charge in [0, 0.05) is 4.91 Å². The fraction of sp³-hybridized carbons (Fsp3) is 0.500. The van der Waals surface area contributed by atoms with Gasteiger partial charge in [0.15, 0.2) is 9.84 Å². The van der Waals surface area contributed by atoms with Crippen LogP contribution in [0.1, 0.15) is 24.9 Å². The van der Waals surface area contributed by atoms with Crippen molar-refractivity contribution in [2.45, 2.75) is 28.8 Å². The van der Waals surface area contributed by atoms with E-state index in [2.05, 4.69) is 10.0 Å². The van der Waals surface area contributed by atoms with Gasteiger partial charge in [-0.05, 0) is 35.9 Å². The second kappa shape index (κ2) is 3.52. The molecule has 7 heteroatoms. The number of azide groups is 1. The van der Waals surface area contributed by atoms with Crippen LogP contribution in [0.5, 0.6) is 0 Å². The lowest BCUT2D eigenvalue weighted by Gasteiger charge is -2.23. The van der Waals surface area contributed by atoms with Gasteiger partial charge >= 0.3 is 0 Å². The average Bonchev–Trinajstić information content (AvgIpc) is 2.64. The summed E-state index contributed by atoms with van der Waals surface area (Å²) in [6, 6.07) is 1.39. The van der Waals surface area contributed by atoms with Gasteiger partial charge in [-0.2, -0.15) is 0 Å². The maximum atomic E-state index is 11.9. The Hall–Kier alpha value is -1.04. The Kier molecular flexibility index (Phi) is 2.46. The monoisotopic (exact) mass is 243 g/mol. The summed E-state index contributed by atoms with van der Waals surface area (Å²) < 4.78 is 24.1. The Morgan fingerprint density at radius 2 is 2.40 bits per heavy atom. The molecule has 1 aliphatic heterocycles. The summed E-state index contributed by atoms with van der Waals surface area (Å²) in [5.41, 5.74) is 9.06. The molecule has 1 aromatic rings. The zero-order chi connectivity index (χ0) is 11.1. The Bertz CT molecular complexity index is 528. The summed E-state index contributed by atoms with van der Waals surface area (Å²) in [5.74, 6) is 0. The van der Waals surface area contributed by atoms with Gasteiger partial charge in [-0.3, -0.25) is 0 Å². The zero-order valence-electron chi connectivity index (χ0n) is 7.99. The number of sulfone groups is 1. The van der Waals surface area contributed by atoms with E-state index >= 15 is 0 Å². The van der Waals surface area contributed by atoms with Crippen LogP contribution in [0.3, 0.4) is 0 Å². The van der Waals surface area contributed by atoms with Gasteiger partial charge in [-0.25, -0.2) is 8.42 Å².